The first-order valence-corrected chi connectivity index (χ1v) is 15.3. The van der Waals surface area contributed by atoms with Crippen molar-refractivity contribution in [3.05, 3.63) is 64.1 Å². The Balaban J connectivity index is 1.61. The summed E-state index contributed by atoms with van der Waals surface area (Å²) >= 11 is 7.48. The van der Waals surface area contributed by atoms with Gasteiger partial charge in [0.1, 0.15) is 46.0 Å². The summed E-state index contributed by atoms with van der Waals surface area (Å²) in [6, 6.07) is 6.77. The average molecular weight is 669 g/mol. The molecule has 46 heavy (non-hydrogen) atoms. The van der Waals surface area contributed by atoms with Crippen molar-refractivity contribution in [2.45, 2.75) is 25.1 Å². The molecule has 0 amide bonds. The van der Waals surface area contributed by atoms with E-state index < -0.39 is 40.7 Å². The third-order valence-corrected chi connectivity index (χ3v) is 9.58. The molecule has 1 saturated heterocycles. The molecule has 3 atom stereocenters. The number of likely N-dealkylation sites (N-methyl/N-ethyl adjacent to an activating group) is 1. The summed E-state index contributed by atoms with van der Waals surface area (Å²) in [7, 11) is 5.50. The number of pyridine rings is 1. The van der Waals surface area contributed by atoms with Gasteiger partial charge in [-0.3, -0.25) is 0 Å². The highest BCUT2D eigenvalue weighted by Gasteiger charge is 2.34. The van der Waals surface area contributed by atoms with E-state index in [-0.39, 0.29) is 61.1 Å². The molecule has 1 aliphatic heterocycles. The van der Waals surface area contributed by atoms with E-state index in [2.05, 4.69) is 15.0 Å². The lowest BCUT2D eigenvalue weighted by Gasteiger charge is -2.29. The van der Waals surface area contributed by atoms with Crippen LogP contribution in [0.4, 0.5) is 29.8 Å². The quantitative estimate of drug-likeness (QED) is 0.215. The monoisotopic (exact) mass is 668 g/mol. The van der Waals surface area contributed by atoms with E-state index in [9.17, 15) is 9.65 Å². The maximum atomic E-state index is 16.9. The van der Waals surface area contributed by atoms with Gasteiger partial charge >= 0.3 is 6.01 Å². The second-order valence-corrected chi connectivity index (χ2v) is 12.6. The molecule has 0 unspecified atom stereocenters. The Hall–Kier alpha value is -4.42. The zero-order valence-corrected chi connectivity index (χ0v) is 26.7. The number of hydrogen-bond acceptors (Lipinski definition) is 11. The second kappa shape index (κ2) is 12.1. The van der Waals surface area contributed by atoms with Gasteiger partial charge in [-0.25, -0.2) is 18.2 Å². The van der Waals surface area contributed by atoms with Crippen LogP contribution in [0.5, 0.6) is 6.01 Å². The second-order valence-electron chi connectivity index (χ2n) is 11.1. The Morgan fingerprint density at radius 3 is 2.59 bits per heavy atom. The number of nitrogens with two attached hydrogens (primary N) is 2. The normalized spacial score (nSPS) is 17.1. The summed E-state index contributed by atoms with van der Waals surface area (Å²) in [4.78, 5) is 17.0. The third-order valence-electron chi connectivity index (χ3n) is 8.26. The zero-order valence-electron chi connectivity index (χ0n) is 25.1. The standard InChI is InChI=1S/C31H28ClF3N8O2S/c1-13(14-6-5-7-39-28(14)37)43(4)30-15-8-17(32)23(24-18(33)9-19(34)27-22(24)16(10-36)29(38)46-27)25(35)26(15)40-31(41-30)45-21-12-44-11-20(21)42(2)3/h5-9,13,20-21H,11-12,38H2,1-4H3,(H2,37,39)/t13-,20-,21+/m1/s1. The lowest BCUT2D eigenvalue weighted by Crippen LogP contribution is -2.41. The molecule has 3 aromatic heterocycles. The number of hydrogen-bond donors (Lipinski definition) is 2. The van der Waals surface area contributed by atoms with Crippen LogP contribution in [0.3, 0.4) is 0 Å². The number of ether oxygens (including phenoxy) is 2. The molecule has 10 nitrogen and oxygen atoms in total. The number of thiophene rings is 1. The van der Waals surface area contributed by atoms with Gasteiger partial charge in [0.25, 0.3) is 0 Å². The van der Waals surface area contributed by atoms with Crippen molar-refractivity contribution in [2.24, 2.45) is 0 Å². The van der Waals surface area contributed by atoms with Crippen LogP contribution in [0.2, 0.25) is 5.02 Å². The van der Waals surface area contributed by atoms with Crippen molar-refractivity contribution in [1.29, 1.82) is 5.26 Å². The van der Waals surface area contributed by atoms with E-state index in [1.165, 1.54) is 6.07 Å². The van der Waals surface area contributed by atoms with Gasteiger partial charge in [0.15, 0.2) is 5.82 Å². The van der Waals surface area contributed by atoms with Gasteiger partial charge in [-0.2, -0.15) is 15.2 Å². The van der Waals surface area contributed by atoms with E-state index in [1.807, 2.05) is 38.1 Å². The van der Waals surface area contributed by atoms with Gasteiger partial charge in [0.05, 0.1) is 40.6 Å². The summed E-state index contributed by atoms with van der Waals surface area (Å²) in [5, 5.41) is 9.55. The van der Waals surface area contributed by atoms with E-state index in [4.69, 9.17) is 32.5 Å². The Kier molecular flexibility index (Phi) is 8.28. The van der Waals surface area contributed by atoms with Crippen LogP contribution >= 0.6 is 22.9 Å². The predicted molar refractivity (Wildman–Crippen MR) is 173 cm³/mol. The fourth-order valence-electron chi connectivity index (χ4n) is 5.72. The summed E-state index contributed by atoms with van der Waals surface area (Å²) in [5.41, 5.74) is 11.6. The van der Waals surface area contributed by atoms with Crippen molar-refractivity contribution in [2.75, 3.05) is 50.7 Å². The molecule has 4 heterocycles. The molecule has 5 aromatic rings. The van der Waals surface area contributed by atoms with Crippen molar-refractivity contribution in [1.82, 2.24) is 19.9 Å². The first kappa shape index (κ1) is 31.6. The van der Waals surface area contributed by atoms with Crippen LogP contribution < -0.4 is 21.1 Å². The van der Waals surface area contributed by atoms with Crippen LogP contribution in [0.1, 0.15) is 24.1 Å². The van der Waals surface area contributed by atoms with Gasteiger partial charge in [0, 0.05) is 46.8 Å². The molecule has 1 fully saturated rings. The first-order valence-electron chi connectivity index (χ1n) is 14.1. The fraction of sp³-hybridized carbons (Fsp3) is 0.290. The molecule has 0 saturated carbocycles. The maximum Gasteiger partial charge on any atom is 0.319 e. The number of anilines is 3. The number of nitrogen functional groups attached to an aromatic ring is 2. The number of aromatic nitrogens is 3. The lowest BCUT2D eigenvalue weighted by molar-refractivity contribution is 0.117. The van der Waals surface area contributed by atoms with Crippen molar-refractivity contribution < 1.29 is 22.6 Å². The number of fused-ring (bicyclic) bond motifs is 2. The van der Waals surface area contributed by atoms with Crippen molar-refractivity contribution in [3.63, 3.8) is 0 Å². The molecule has 0 radical (unpaired) electrons. The Morgan fingerprint density at radius 2 is 1.89 bits per heavy atom. The molecule has 0 aliphatic carbocycles. The van der Waals surface area contributed by atoms with Gasteiger partial charge in [-0.1, -0.05) is 17.7 Å². The SMILES string of the molecule is C[C@H](c1cccnc1N)N(C)c1nc(O[C@H]2COC[C@H]2N(C)C)nc2c(F)c(-c3c(F)cc(F)c4sc(N)c(C#N)c34)c(Cl)cc12. The molecule has 6 rings (SSSR count). The van der Waals surface area contributed by atoms with Crippen LogP contribution in [0.15, 0.2) is 30.5 Å². The minimum Gasteiger partial charge on any atom is -0.456 e. The van der Waals surface area contributed by atoms with Gasteiger partial charge in [-0.05, 0) is 33.2 Å². The number of nitrogens with zero attached hydrogens (tertiary/aromatic N) is 6. The highest BCUT2D eigenvalue weighted by molar-refractivity contribution is 7.23. The lowest BCUT2D eigenvalue weighted by atomic mass is 9.96. The van der Waals surface area contributed by atoms with Crippen molar-refractivity contribution >= 4 is 60.6 Å². The number of halogens is 4. The number of benzene rings is 2. The zero-order chi connectivity index (χ0) is 33.0. The minimum absolute atomic E-state index is 0.0413. The first-order chi connectivity index (χ1) is 21.9. The molecule has 2 aromatic carbocycles. The Labute approximate surface area is 270 Å². The summed E-state index contributed by atoms with van der Waals surface area (Å²) in [5.74, 6) is -2.54. The highest BCUT2D eigenvalue weighted by atomic mass is 35.5. The summed E-state index contributed by atoms with van der Waals surface area (Å²) in [6.45, 7) is 2.53. The smallest absolute Gasteiger partial charge is 0.319 e. The van der Waals surface area contributed by atoms with Crippen LogP contribution in [0, 0.1) is 28.8 Å². The number of nitriles is 1. The topological polar surface area (TPSA) is 139 Å². The molecule has 238 valence electrons. The Morgan fingerprint density at radius 1 is 1.13 bits per heavy atom. The van der Waals surface area contributed by atoms with Gasteiger partial charge in [0.2, 0.25) is 0 Å². The molecule has 1 aliphatic rings. The molecule has 4 N–H and O–H groups in total. The van der Waals surface area contributed by atoms with Crippen LogP contribution in [-0.2, 0) is 4.74 Å². The molecule has 15 heteroatoms. The fourth-order valence-corrected chi connectivity index (χ4v) is 6.94. The molecular weight excluding hydrogens is 641 g/mol. The van der Waals surface area contributed by atoms with Crippen molar-refractivity contribution in [3.8, 4) is 23.2 Å². The predicted octanol–water partition coefficient (Wildman–Crippen LogP) is 5.92. The summed E-state index contributed by atoms with van der Waals surface area (Å²) < 4.78 is 59.1. The number of rotatable bonds is 7. The van der Waals surface area contributed by atoms with Crippen LogP contribution in [0.25, 0.3) is 32.1 Å². The average Bonchev–Trinajstić information content (AvgIpc) is 3.62. The third kappa shape index (κ3) is 5.19. The molecule has 0 spiro atoms. The maximum absolute atomic E-state index is 16.9. The Bertz CT molecular complexity index is 2050. The van der Waals surface area contributed by atoms with E-state index in [0.29, 0.717) is 24.1 Å². The van der Waals surface area contributed by atoms with Crippen LogP contribution in [-0.4, -0.2) is 66.4 Å². The van der Waals surface area contributed by atoms with Gasteiger partial charge < -0.3 is 30.7 Å². The largest absolute Gasteiger partial charge is 0.456 e. The molecular formula is C31H28ClF3N8O2S. The van der Waals surface area contributed by atoms with Gasteiger partial charge in [-0.15, -0.1) is 11.3 Å². The minimum atomic E-state index is -1.13. The summed E-state index contributed by atoms with van der Waals surface area (Å²) in [6.07, 6.45) is 1.09. The van der Waals surface area contributed by atoms with E-state index in [1.54, 1.807) is 24.2 Å². The molecule has 0 bridgehead atoms. The highest BCUT2D eigenvalue weighted by Crippen LogP contribution is 2.47. The van der Waals surface area contributed by atoms with E-state index >= 15 is 8.78 Å². The van der Waals surface area contributed by atoms with E-state index in [0.717, 1.165) is 11.3 Å².